The highest BCUT2D eigenvalue weighted by Crippen LogP contribution is 2.31. The van der Waals surface area contributed by atoms with Crippen molar-refractivity contribution in [3.05, 3.63) is 58.7 Å². The fourth-order valence-corrected chi connectivity index (χ4v) is 5.84. The second-order valence-corrected chi connectivity index (χ2v) is 9.74. The lowest BCUT2D eigenvalue weighted by Crippen LogP contribution is -2.28. The Kier molecular flexibility index (Phi) is 5.49. The summed E-state index contributed by atoms with van der Waals surface area (Å²) in [5.74, 6) is -0.0176. The van der Waals surface area contributed by atoms with Crippen LogP contribution in [0.25, 0.3) is 0 Å². The molecule has 1 N–H and O–H groups in total. The molecule has 1 unspecified atom stereocenters. The molecule has 4 rings (SSSR count). The van der Waals surface area contributed by atoms with E-state index in [1.807, 2.05) is 6.92 Å². The van der Waals surface area contributed by atoms with Gasteiger partial charge in [0.1, 0.15) is 0 Å². The predicted octanol–water partition coefficient (Wildman–Crippen LogP) is 3.90. The molecule has 5 nitrogen and oxygen atoms in total. The van der Waals surface area contributed by atoms with Crippen LogP contribution in [0.15, 0.2) is 41.3 Å². The summed E-state index contributed by atoms with van der Waals surface area (Å²) in [4.78, 5) is 13.7. The third-order valence-electron chi connectivity index (χ3n) is 6.12. The van der Waals surface area contributed by atoms with Gasteiger partial charge in [0.05, 0.1) is 4.90 Å². The van der Waals surface area contributed by atoms with E-state index in [0.717, 1.165) is 29.7 Å². The lowest BCUT2D eigenvalue weighted by atomic mass is 9.89. The number of nitrogens with zero attached hydrogens (tertiary/aromatic N) is 1. The quantitative estimate of drug-likeness (QED) is 0.810. The number of sulfonamides is 1. The van der Waals surface area contributed by atoms with Crippen molar-refractivity contribution in [2.45, 2.75) is 63.3 Å². The number of carbonyl (C=O) groups is 1. The van der Waals surface area contributed by atoms with Gasteiger partial charge in [-0.1, -0.05) is 25.1 Å². The first-order valence-corrected chi connectivity index (χ1v) is 11.9. The molecule has 6 heteroatoms. The normalized spacial score (nSPS) is 17.0. The lowest BCUT2D eigenvalue weighted by Gasteiger charge is -2.22. The molecule has 0 radical (unpaired) electrons. The summed E-state index contributed by atoms with van der Waals surface area (Å²) in [5.41, 5.74) is 5.50. The summed E-state index contributed by atoms with van der Waals surface area (Å²) >= 11 is 0. The molecular weight excluding hydrogens is 384 g/mol. The standard InChI is InChI=1S/C23H28N2O3S/c1-3-22(19-9-8-17-6-4-5-7-18(17)14-19)24-29(27,28)21-10-11-23-20(15-21)12-13-25(23)16(2)26/h8-11,14-15,22,24H,3-7,12-13H2,1-2H3. The van der Waals surface area contributed by atoms with E-state index in [9.17, 15) is 13.2 Å². The fourth-order valence-electron chi connectivity index (χ4n) is 4.48. The molecule has 0 saturated heterocycles. The van der Waals surface area contributed by atoms with Gasteiger partial charge in [0.15, 0.2) is 0 Å². The zero-order valence-corrected chi connectivity index (χ0v) is 17.9. The number of rotatable bonds is 5. The minimum Gasteiger partial charge on any atom is -0.312 e. The molecule has 2 aliphatic rings. The zero-order valence-electron chi connectivity index (χ0n) is 17.1. The largest absolute Gasteiger partial charge is 0.312 e. The summed E-state index contributed by atoms with van der Waals surface area (Å²) < 4.78 is 29.1. The van der Waals surface area contributed by atoms with E-state index in [4.69, 9.17) is 0 Å². The number of carbonyl (C=O) groups excluding carboxylic acids is 1. The average molecular weight is 413 g/mol. The van der Waals surface area contributed by atoms with Gasteiger partial charge >= 0.3 is 0 Å². The van der Waals surface area contributed by atoms with Gasteiger partial charge in [0.25, 0.3) is 0 Å². The van der Waals surface area contributed by atoms with Crippen molar-refractivity contribution in [2.24, 2.45) is 0 Å². The van der Waals surface area contributed by atoms with E-state index in [1.165, 1.54) is 30.9 Å². The van der Waals surface area contributed by atoms with Gasteiger partial charge in [0, 0.05) is 25.2 Å². The molecule has 1 aliphatic carbocycles. The van der Waals surface area contributed by atoms with E-state index < -0.39 is 10.0 Å². The second-order valence-electron chi connectivity index (χ2n) is 8.03. The van der Waals surface area contributed by atoms with Gasteiger partial charge in [-0.25, -0.2) is 13.1 Å². The van der Waals surface area contributed by atoms with Crippen molar-refractivity contribution in [2.75, 3.05) is 11.4 Å². The summed E-state index contributed by atoms with van der Waals surface area (Å²) in [5, 5.41) is 0. The molecule has 0 fully saturated rings. The van der Waals surface area contributed by atoms with E-state index in [1.54, 1.807) is 23.1 Å². The number of hydrogen-bond donors (Lipinski definition) is 1. The van der Waals surface area contributed by atoms with Crippen LogP contribution >= 0.6 is 0 Å². The van der Waals surface area contributed by atoms with Gasteiger partial charge in [0.2, 0.25) is 15.9 Å². The van der Waals surface area contributed by atoms with Crippen LogP contribution in [-0.2, 0) is 34.1 Å². The van der Waals surface area contributed by atoms with Crippen LogP contribution in [0.3, 0.4) is 0 Å². The summed E-state index contributed by atoms with van der Waals surface area (Å²) in [7, 11) is -3.65. The molecule has 0 bridgehead atoms. The molecular formula is C23H28N2O3S. The molecule has 0 aromatic heterocycles. The van der Waals surface area contributed by atoms with Gasteiger partial charge in [-0.15, -0.1) is 0 Å². The van der Waals surface area contributed by atoms with Crippen LogP contribution in [0.1, 0.15) is 61.4 Å². The predicted molar refractivity (Wildman–Crippen MR) is 115 cm³/mol. The molecule has 2 aromatic rings. The van der Waals surface area contributed by atoms with Crippen LogP contribution in [-0.4, -0.2) is 20.9 Å². The third-order valence-corrected chi connectivity index (χ3v) is 7.59. The van der Waals surface area contributed by atoms with Crippen LogP contribution in [0.5, 0.6) is 0 Å². The lowest BCUT2D eigenvalue weighted by molar-refractivity contribution is -0.116. The minimum atomic E-state index is -3.65. The average Bonchev–Trinajstić information content (AvgIpc) is 3.15. The van der Waals surface area contributed by atoms with Gasteiger partial charge in [-0.3, -0.25) is 4.79 Å². The van der Waals surface area contributed by atoms with E-state index in [2.05, 4.69) is 22.9 Å². The summed E-state index contributed by atoms with van der Waals surface area (Å²) in [6.45, 7) is 4.14. The number of nitrogens with one attached hydrogen (secondary N) is 1. The van der Waals surface area contributed by atoms with Crippen molar-refractivity contribution >= 4 is 21.6 Å². The monoisotopic (exact) mass is 412 g/mol. The van der Waals surface area contributed by atoms with Crippen molar-refractivity contribution < 1.29 is 13.2 Å². The molecule has 1 amide bonds. The summed E-state index contributed by atoms with van der Waals surface area (Å²) in [6, 6.07) is 11.2. The molecule has 0 saturated carbocycles. The van der Waals surface area contributed by atoms with Crippen LogP contribution in [0.2, 0.25) is 0 Å². The maximum absolute atomic E-state index is 13.1. The minimum absolute atomic E-state index is 0.0176. The number of fused-ring (bicyclic) bond motifs is 2. The van der Waals surface area contributed by atoms with Crippen molar-refractivity contribution in [1.29, 1.82) is 0 Å². The van der Waals surface area contributed by atoms with Crippen molar-refractivity contribution in [1.82, 2.24) is 4.72 Å². The maximum Gasteiger partial charge on any atom is 0.241 e. The highest BCUT2D eigenvalue weighted by atomic mass is 32.2. The molecule has 2 aromatic carbocycles. The van der Waals surface area contributed by atoms with Crippen LogP contribution in [0, 0.1) is 0 Å². The third kappa shape index (κ3) is 3.96. The molecule has 1 atom stereocenters. The van der Waals surface area contributed by atoms with E-state index >= 15 is 0 Å². The molecule has 154 valence electrons. The van der Waals surface area contributed by atoms with Crippen LogP contribution < -0.4 is 9.62 Å². The number of hydrogen-bond acceptors (Lipinski definition) is 3. The zero-order chi connectivity index (χ0) is 20.6. The van der Waals surface area contributed by atoms with Crippen LogP contribution in [0.4, 0.5) is 5.69 Å². The maximum atomic E-state index is 13.1. The Morgan fingerprint density at radius 1 is 1.03 bits per heavy atom. The Morgan fingerprint density at radius 2 is 1.79 bits per heavy atom. The van der Waals surface area contributed by atoms with Crippen molar-refractivity contribution in [3.8, 4) is 0 Å². The topological polar surface area (TPSA) is 66.5 Å². The number of aryl methyl sites for hydroxylation is 2. The Labute approximate surface area is 173 Å². The smallest absolute Gasteiger partial charge is 0.241 e. The van der Waals surface area contributed by atoms with Gasteiger partial charge in [-0.2, -0.15) is 0 Å². The van der Waals surface area contributed by atoms with Gasteiger partial charge < -0.3 is 4.90 Å². The Hall–Kier alpha value is -2.18. The first kappa shape index (κ1) is 20.1. The highest BCUT2D eigenvalue weighted by Gasteiger charge is 2.26. The Balaban J connectivity index is 1.58. The Morgan fingerprint density at radius 3 is 2.52 bits per heavy atom. The molecule has 29 heavy (non-hydrogen) atoms. The molecule has 1 aliphatic heterocycles. The molecule has 0 spiro atoms. The Bertz CT molecular complexity index is 1050. The summed E-state index contributed by atoms with van der Waals surface area (Å²) in [6.07, 6.45) is 5.98. The molecule has 1 heterocycles. The first-order valence-electron chi connectivity index (χ1n) is 10.4. The number of anilines is 1. The van der Waals surface area contributed by atoms with Crippen molar-refractivity contribution in [3.63, 3.8) is 0 Å². The fraction of sp³-hybridized carbons (Fsp3) is 0.435. The second kappa shape index (κ2) is 7.92. The van der Waals surface area contributed by atoms with E-state index in [0.29, 0.717) is 19.4 Å². The first-order chi connectivity index (χ1) is 13.9. The number of amides is 1. The number of benzene rings is 2. The van der Waals surface area contributed by atoms with Gasteiger partial charge in [-0.05, 0) is 79.0 Å². The highest BCUT2D eigenvalue weighted by molar-refractivity contribution is 7.89. The SMILES string of the molecule is CCC(NS(=O)(=O)c1ccc2c(c1)CCN2C(C)=O)c1ccc2c(c1)CCCC2. The van der Waals surface area contributed by atoms with E-state index in [-0.39, 0.29) is 16.8 Å².